The maximum absolute atomic E-state index is 15.0. The Bertz CT molecular complexity index is 1620. The van der Waals surface area contributed by atoms with Gasteiger partial charge in [0.2, 0.25) is 17.7 Å². The molecule has 2 unspecified atom stereocenters. The van der Waals surface area contributed by atoms with Crippen molar-refractivity contribution in [3.05, 3.63) is 41.7 Å². The molecule has 5 rings (SSSR count). The second-order valence-electron chi connectivity index (χ2n) is 13.6. The van der Waals surface area contributed by atoms with Crippen molar-refractivity contribution in [2.45, 2.75) is 41.5 Å². The maximum Gasteiger partial charge on any atom is 0.270 e. The number of H-pyrrole nitrogens is 1. The number of aromatic amines is 1. The fourth-order valence-corrected chi connectivity index (χ4v) is 5.34. The predicted molar refractivity (Wildman–Crippen MR) is 175 cm³/mol. The Morgan fingerprint density at radius 3 is 2.36 bits per heavy atom. The second kappa shape index (κ2) is 11.3. The van der Waals surface area contributed by atoms with Crippen LogP contribution in [0.4, 0.5) is 13.2 Å². The minimum absolute atomic E-state index is 0.0422. The number of benzene rings is 1. The van der Waals surface area contributed by atoms with E-state index in [0.29, 0.717) is 22.0 Å². The molecule has 3 amide bonds. The van der Waals surface area contributed by atoms with Gasteiger partial charge in [0.15, 0.2) is 5.69 Å². The topological polar surface area (TPSA) is 129 Å². The molecule has 0 spiro atoms. The van der Waals surface area contributed by atoms with Crippen molar-refractivity contribution in [2.75, 3.05) is 13.1 Å². The quantitative estimate of drug-likeness (QED) is 0.227. The van der Waals surface area contributed by atoms with Crippen LogP contribution in [0.15, 0.2) is 30.5 Å². The van der Waals surface area contributed by atoms with Gasteiger partial charge in [0.1, 0.15) is 58.8 Å². The number of hydrogen-bond donors (Lipinski definition) is 3. The minimum atomic E-state index is -2.87. The van der Waals surface area contributed by atoms with Gasteiger partial charge in [0, 0.05) is 47.7 Å². The van der Waals surface area contributed by atoms with Gasteiger partial charge in [-0.25, -0.2) is 18.2 Å². The monoisotopic (exact) mass is 602 g/mol. The first-order valence-electron chi connectivity index (χ1n) is 14.5. The number of aromatic nitrogens is 3. The van der Waals surface area contributed by atoms with E-state index in [1.54, 1.807) is 54.0 Å². The Morgan fingerprint density at radius 1 is 1.02 bits per heavy atom. The van der Waals surface area contributed by atoms with Crippen LogP contribution in [0.2, 0.25) is 0 Å². The van der Waals surface area contributed by atoms with Gasteiger partial charge in [-0.3, -0.25) is 19.5 Å². The third-order valence-electron chi connectivity index (χ3n) is 7.41. The van der Waals surface area contributed by atoms with Crippen LogP contribution in [0.1, 0.15) is 33.7 Å². The predicted octanol–water partition coefficient (Wildman–Crippen LogP) is -3.92. The van der Waals surface area contributed by atoms with Crippen LogP contribution >= 0.6 is 0 Å². The summed E-state index contributed by atoms with van der Waals surface area (Å²) in [6, 6.07) is 5.85. The lowest BCUT2D eigenvalue weighted by Crippen LogP contribution is -2.50. The van der Waals surface area contributed by atoms with Crippen LogP contribution < -0.4 is 15.4 Å². The van der Waals surface area contributed by atoms with E-state index >= 15 is 0 Å². The number of alkyl halides is 3. The molecule has 2 atom stereocenters. The summed E-state index contributed by atoms with van der Waals surface area (Å²) in [5.74, 6) is -5.15. The average molecular weight is 601 g/mol. The number of hydrogen-bond acceptors (Lipinski definition) is 6. The largest absolute Gasteiger partial charge is 0.498 e. The molecule has 224 valence electrons. The zero-order chi connectivity index (χ0) is 32.2. The smallest absolute Gasteiger partial charge is 0.270 e. The highest BCUT2D eigenvalue weighted by Crippen LogP contribution is 2.43. The summed E-state index contributed by atoms with van der Waals surface area (Å²) in [7, 11) is 11.0. The van der Waals surface area contributed by atoms with Crippen LogP contribution in [0.25, 0.3) is 22.0 Å². The van der Waals surface area contributed by atoms with E-state index in [1.165, 1.54) is 4.90 Å². The average Bonchev–Trinajstić information content (AvgIpc) is 3.48. The van der Waals surface area contributed by atoms with E-state index in [9.17, 15) is 27.6 Å². The number of nitrogens with one attached hydrogen (secondary N) is 3. The molecule has 10 nitrogen and oxygen atoms in total. The highest BCUT2D eigenvalue weighted by Gasteiger charge is 2.51. The van der Waals surface area contributed by atoms with E-state index < -0.39 is 59.2 Å². The number of amides is 3. The molecule has 2 aromatic heterocycles. The Balaban J connectivity index is 1.38. The summed E-state index contributed by atoms with van der Waals surface area (Å²) in [5, 5.41) is 12.1. The number of rotatable bonds is 8. The molecule has 1 aliphatic carbocycles. The number of carbonyl (C=O) groups is 3. The van der Waals surface area contributed by atoms with Crippen LogP contribution in [0.5, 0.6) is 5.88 Å². The molecule has 1 aromatic carbocycles. The maximum atomic E-state index is 15.0. The Kier molecular flexibility index (Phi) is 8.13. The number of pyridine rings is 1. The standard InChI is InChI=1S/C25H31B6F3N6O4/c26-24(27,28)37-20(42)18-13-2-1-10(4-16(13)38-39-18)11-3-14(21(35-7-11)44-25(29,30)31)19(41)36-17-9-40(8-15(17)32)22(43)12-5-23(33,34)6-12/h1-4,7,12,15,17H,5-6,8-9,26-31H2,(H,36,41)(H,37,42)(H,38,39). The number of ether oxygens (including phenoxy) is 1. The normalized spacial score (nSPS) is 20.2. The molecule has 19 heteroatoms. The van der Waals surface area contributed by atoms with Gasteiger partial charge in [0.25, 0.3) is 11.8 Å². The first kappa shape index (κ1) is 31.6. The van der Waals surface area contributed by atoms with E-state index in [4.69, 9.17) is 4.74 Å². The summed E-state index contributed by atoms with van der Waals surface area (Å²) >= 11 is 0. The molecule has 0 radical (unpaired) electrons. The van der Waals surface area contributed by atoms with E-state index in [-0.39, 0.29) is 36.1 Å². The van der Waals surface area contributed by atoms with Gasteiger partial charge in [-0.05, 0) is 29.0 Å². The lowest BCUT2D eigenvalue weighted by atomic mass is 9.49. The molecule has 3 N–H and O–H groups in total. The number of nitrogens with zero attached hydrogens (tertiary/aromatic N) is 3. The lowest BCUT2D eigenvalue weighted by Gasteiger charge is -2.36. The van der Waals surface area contributed by atoms with Crippen LogP contribution in [-0.2, 0) is 4.79 Å². The molecule has 1 saturated heterocycles. The Labute approximate surface area is 257 Å². The highest BCUT2D eigenvalue weighted by atomic mass is 19.3. The van der Waals surface area contributed by atoms with Crippen molar-refractivity contribution in [1.29, 1.82) is 0 Å². The first-order valence-corrected chi connectivity index (χ1v) is 14.5. The summed E-state index contributed by atoms with van der Waals surface area (Å²) < 4.78 is 47.5. The number of likely N-dealkylation sites (tertiary alicyclic amines) is 1. The van der Waals surface area contributed by atoms with Gasteiger partial charge in [0.05, 0.1) is 18.1 Å². The fourth-order valence-electron chi connectivity index (χ4n) is 5.34. The summed E-state index contributed by atoms with van der Waals surface area (Å²) in [4.78, 5) is 44.5. The zero-order valence-corrected chi connectivity index (χ0v) is 25.6. The van der Waals surface area contributed by atoms with E-state index in [0.717, 1.165) is 0 Å². The molecule has 44 heavy (non-hydrogen) atoms. The Hall–Kier alpha value is -3.77. The molecular formula is C25H31B6F3N6O4. The third-order valence-corrected chi connectivity index (χ3v) is 7.41. The molecule has 3 aromatic rings. The molecule has 2 aliphatic rings. The second-order valence-corrected chi connectivity index (χ2v) is 13.6. The van der Waals surface area contributed by atoms with Crippen molar-refractivity contribution in [2.24, 2.45) is 5.92 Å². The molecule has 3 heterocycles. The van der Waals surface area contributed by atoms with Gasteiger partial charge in [-0.15, -0.1) is 0 Å². The lowest BCUT2D eigenvalue weighted by molar-refractivity contribution is -0.159. The minimum Gasteiger partial charge on any atom is -0.498 e. The van der Waals surface area contributed by atoms with Crippen LogP contribution in [0.3, 0.4) is 0 Å². The fraction of sp³-hybridized carbons (Fsp3) is 0.400. The number of halogens is 3. The highest BCUT2D eigenvalue weighted by molar-refractivity contribution is 6.60. The van der Waals surface area contributed by atoms with Crippen molar-refractivity contribution in [1.82, 2.24) is 30.7 Å². The Morgan fingerprint density at radius 2 is 1.73 bits per heavy atom. The van der Waals surface area contributed by atoms with Gasteiger partial charge >= 0.3 is 0 Å². The van der Waals surface area contributed by atoms with E-state index in [2.05, 4.69) is 25.8 Å². The number of fused-ring (bicyclic) bond motifs is 1. The van der Waals surface area contributed by atoms with E-state index in [1.807, 2.05) is 23.5 Å². The molecule has 1 saturated carbocycles. The zero-order valence-electron chi connectivity index (χ0n) is 25.6. The van der Waals surface area contributed by atoms with Gasteiger partial charge < -0.3 is 20.3 Å². The summed E-state index contributed by atoms with van der Waals surface area (Å²) in [5.41, 5.74) is 2.14. The van der Waals surface area contributed by atoms with Crippen molar-refractivity contribution in [3.63, 3.8) is 0 Å². The summed E-state index contributed by atoms with van der Waals surface area (Å²) in [6.07, 6.45) is -1.11. The van der Waals surface area contributed by atoms with Crippen molar-refractivity contribution < 1.29 is 32.3 Å². The summed E-state index contributed by atoms with van der Waals surface area (Å²) in [6.45, 7) is -0.409. The molecule has 0 bridgehead atoms. The van der Waals surface area contributed by atoms with Crippen molar-refractivity contribution in [3.8, 4) is 17.0 Å². The third kappa shape index (κ3) is 6.96. The molecule has 2 fully saturated rings. The van der Waals surface area contributed by atoms with Gasteiger partial charge in [-0.2, -0.15) is 5.10 Å². The van der Waals surface area contributed by atoms with Crippen molar-refractivity contribution >= 4 is 75.7 Å². The SMILES string of the molecule is BC(B)(B)NC(=O)c1n[nH]c2cc(-c3cnc(OC(B)(B)B)c(C(=O)NC4CN(C(=O)C5CC(F)(F)C5)CC4F)c3)ccc12. The molecular weight excluding hydrogens is 570 g/mol. The van der Waals surface area contributed by atoms with Gasteiger partial charge in [-0.1, -0.05) is 6.07 Å². The molecule has 1 aliphatic heterocycles. The number of carbonyl (C=O) groups excluding carboxylic acids is 3. The van der Waals surface area contributed by atoms with Crippen LogP contribution in [-0.4, -0.2) is 127 Å². The van der Waals surface area contributed by atoms with Crippen LogP contribution in [0, 0.1) is 5.92 Å². The first-order chi connectivity index (χ1) is 20.4.